The monoisotopic (exact) mass is 414 g/mol. The van der Waals surface area contributed by atoms with Gasteiger partial charge in [0.15, 0.2) is 5.13 Å². The normalized spacial score (nSPS) is 15.7. The number of rotatable bonds is 6. The number of nitrogens with one attached hydrogen (secondary N) is 2. The summed E-state index contributed by atoms with van der Waals surface area (Å²) in [6.45, 7) is 4.27. The molecule has 2 aromatic rings. The van der Waals surface area contributed by atoms with Gasteiger partial charge in [0.1, 0.15) is 0 Å². The Kier molecular flexibility index (Phi) is 5.81. The number of benzene rings is 1. The van der Waals surface area contributed by atoms with Crippen molar-refractivity contribution in [3.8, 4) is 0 Å². The van der Waals surface area contributed by atoms with Crippen molar-refractivity contribution in [3.63, 3.8) is 0 Å². The van der Waals surface area contributed by atoms with Gasteiger partial charge in [-0.3, -0.25) is 14.4 Å². The van der Waals surface area contributed by atoms with Crippen LogP contribution in [-0.4, -0.2) is 50.4 Å². The lowest BCUT2D eigenvalue weighted by molar-refractivity contribution is -0.124. The Balaban J connectivity index is 1.64. The standard InChI is InChI=1S/C16H19ClN4O3S2/c1-11-13(17)3-2-4-14(11)26(23,24)20-16-19-9-12(25-16)5-7-21-8-6-18-15(22)10-21/h2-4,9H,5-8,10H2,1H3,(H,18,22)(H,19,20). The smallest absolute Gasteiger partial charge is 0.263 e. The van der Waals surface area contributed by atoms with Crippen molar-refractivity contribution in [3.05, 3.63) is 39.9 Å². The highest BCUT2D eigenvalue weighted by Crippen LogP contribution is 2.26. The second kappa shape index (κ2) is 7.91. The Labute approximate surface area is 161 Å². The molecule has 7 nitrogen and oxygen atoms in total. The molecule has 10 heteroatoms. The highest BCUT2D eigenvalue weighted by atomic mass is 35.5. The summed E-state index contributed by atoms with van der Waals surface area (Å²) >= 11 is 7.31. The fourth-order valence-corrected chi connectivity index (χ4v) is 5.21. The zero-order chi connectivity index (χ0) is 18.7. The highest BCUT2D eigenvalue weighted by molar-refractivity contribution is 7.93. The third-order valence-electron chi connectivity index (χ3n) is 4.07. The summed E-state index contributed by atoms with van der Waals surface area (Å²) in [7, 11) is -3.75. The zero-order valence-electron chi connectivity index (χ0n) is 14.2. The number of nitrogens with zero attached hydrogens (tertiary/aromatic N) is 2. The maximum absolute atomic E-state index is 12.6. The summed E-state index contributed by atoms with van der Waals surface area (Å²) in [5.41, 5.74) is 0.502. The van der Waals surface area contributed by atoms with Crippen molar-refractivity contribution < 1.29 is 13.2 Å². The van der Waals surface area contributed by atoms with Crippen LogP contribution in [0.4, 0.5) is 5.13 Å². The molecule has 1 aliphatic heterocycles. The molecular formula is C16H19ClN4O3S2. The SMILES string of the molecule is Cc1c(Cl)cccc1S(=O)(=O)Nc1ncc(CCN2CCNC(=O)C2)s1. The van der Waals surface area contributed by atoms with Gasteiger partial charge in [0.05, 0.1) is 11.4 Å². The van der Waals surface area contributed by atoms with Crippen LogP contribution in [0.25, 0.3) is 0 Å². The van der Waals surface area contributed by atoms with Crippen molar-refractivity contribution in [1.29, 1.82) is 0 Å². The lowest BCUT2D eigenvalue weighted by Crippen LogP contribution is -2.48. The summed E-state index contributed by atoms with van der Waals surface area (Å²) in [5, 5.41) is 3.50. The lowest BCUT2D eigenvalue weighted by atomic mass is 10.2. The summed E-state index contributed by atoms with van der Waals surface area (Å²) < 4.78 is 27.7. The quantitative estimate of drug-likeness (QED) is 0.753. The van der Waals surface area contributed by atoms with E-state index in [9.17, 15) is 13.2 Å². The van der Waals surface area contributed by atoms with Gasteiger partial charge in [-0.15, -0.1) is 11.3 Å². The molecule has 1 amide bonds. The Bertz CT molecular complexity index is 914. The van der Waals surface area contributed by atoms with E-state index in [0.29, 0.717) is 35.2 Å². The maximum atomic E-state index is 12.6. The van der Waals surface area contributed by atoms with Crippen LogP contribution in [0.3, 0.4) is 0 Å². The molecule has 1 aliphatic rings. The van der Waals surface area contributed by atoms with Gasteiger partial charge in [-0.25, -0.2) is 13.4 Å². The Morgan fingerprint density at radius 1 is 1.42 bits per heavy atom. The minimum absolute atomic E-state index is 0.0332. The van der Waals surface area contributed by atoms with Crippen LogP contribution in [0.5, 0.6) is 0 Å². The number of halogens is 1. The van der Waals surface area contributed by atoms with Crippen LogP contribution < -0.4 is 10.0 Å². The number of sulfonamides is 1. The molecule has 2 N–H and O–H groups in total. The van der Waals surface area contributed by atoms with Crippen molar-refractivity contribution >= 4 is 44.0 Å². The topological polar surface area (TPSA) is 91.4 Å². The molecular weight excluding hydrogens is 396 g/mol. The van der Waals surface area contributed by atoms with E-state index in [0.717, 1.165) is 18.0 Å². The minimum Gasteiger partial charge on any atom is -0.354 e. The van der Waals surface area contributed by atoms with Gasteiger partial charge in [0, 0.05) is 35.7 Å². The van der Waals surface area contributed by atoms with E-state index in [4.69, 9.17) is 11.6 Å². The molecule has 0 unspecified atom stereocenters. The van der Waals surface area contributed by atoms with E-state index in [1.165, 1.54) is 17.4 Å². The minimum atomic E-state index is -3.75. The Morgan fingerprint density at radius 3 is 3.00 bits per heavy atom. The van der Waals surface area contributed by atoms with E-state index < -0.39 is 10.0 Å². The number of carbonyl (C=O) groups excluding carboxylic acids is 1. The number of anilines is 1. The lowest BCUT2D eigenvalue weighted by Gasteiger charge is -2.25. The number of hydrogen-bond acceptors (Lipinski definition) is 6. The molecule has 1 saturated heterocycles. The summed E-state index contributed by atoms with van der Waals surface area (Å²) in [4.78, 5) is 18.7. The van der Waals surface area contributed by atoms with E-state index in [-0.39, 0.29) is 10.8 Å². The predicted molar refractivity (Wildman–Crippen MR) is 102 cm³/mol. The van der Waals surface area contributed by atoms with Crippen molar-refractivity contribution in [1.82, 2.24) is 15.2 Å². The Hall–Kier alpha value is -1.68. The predicted octanol–water partition coefficient (Wildman–Crippen LogP) is 1.88. The van der Waals surface area contributed by atoms with Crippen LogP contribution in [0.1, 0.15) is 10.4 Å². The molecule has 140 valence electrons. The van der Waals surface area contributed by atoms with Gasteiger partial charge in [0.25, 0.3) is 10.0 Å². The maximum Gasteiger partial charge on any atom is 0.263 e. The third kappa shape index (κ3) is 4.53. The van der Waals surface area contributed by atoms with E-state index >= 15 is 0 Å². The van der Waals surface area contributed by atoms with Crippen LogP contribution in [-0.2, 0) is 21.2 Å². The number of amides is 1. The third-order valence-corrected chi connectivity index (χ3v) is 7.07. The fraction of sp³-hybridized carbons (Fsp3) is 0.375. The van der Waals surface area contributed by atoms with Gasteiger partial charge >= 0.3 is 0 Å². The molecule has 2 heterocycles. The summed E-state index contributed by atoms with van der Waals surface area (Å²) in [6.07, 6.45) is 2.38. The number of carbonyl (C=O) groups is 1. The second-order valence-electron chi connectivity index (χ2n) is 5.98. The average Bonchev–Trinajstić information content (AvgIpc) is 3.02. The zero-order valence-corrected chi connectivity index (χ0v) is 16.5. The van der Waals surface area contributed by atoms with Gasteiger partial charge in [-0.05, 0) is 31.0 Å². The molecule has 0 aliphatic carbocycles. The fourth-order valence-electron chi connectivity index (χ4n) is 2.67. The molecule has 1 aromatic heterocycles. The first-order valence-electron chi connectivity index (χ1n) is 8.07. The molecule has 1 aromatic carbocycles. The number of piperazine rings is 1. The Morgan fingerprint density at radius 2 is 2.23 bits per heavy atom. The first-order valence-corrected chi connectivity index (χ1v) is 10.7. The molecule has 26 heavy (non-hydrogen) atoms. The van der Waals surface area contributed by atoms with Gasteiger partial charge in [0.2, 0.25) is 5.91 Å². The molecule has 0 spiro atoms. The highest BCUT2D eigenvalue weighted by Gasteiger charge is 2.20. The average molecular weight is 415 g/mol. The largest absolute Gasteiger partial charge is 0.354 e. The molecule has 0 bridgehead atoms. The van der Waals surface area contributed by atoms with Gasteiger partial charge in [-0.2, -0.15) is 0 Å². The van der Waals surface area contributed by atoms with Gasteiger partial charge in [-0.1, -0.05) is 17.7 Å². The van der Waals surface area contributed by atoms with Crippen molar-refractivity contribution in [2.75, 3.05) is 30.9 Å². The molecule has 0 radical (unpaired) electrons. The van der Waals surface area contributed by atoms with Crippen LogP contribution in [0.2, 0.25) is 5.02 Å². The molecule has 3 rings (SSSR count). The van der Waals surface area contributed by atoms with E-state index in [1.54, 1.807) is 25.3 Å². The summed E-state index contributed by atoms with van der Waals surface area (Å²) in [5.74, 6) is 0.0332. The van der Waals surface area contributed by atoms with Crippen LogP contribution in [0, 0.1) is 6.92 Å². The van der Waals surface area contributed by atoms with Crippen LogP contribution >= 0.6 is 22.9 Å². The van der Waals surface area contributed by atoms with Crippen molar-refractivity contribution in [2.45, 2.75) is 18.2 Å². The van der Waals surface area contributed by atoms with Crippen molar-refractivity contribution in [2.24, 2.45) is 0 Å². The number of hydrogen-bond donors (Lipinski definition) is 2. The number of aromatic nitrogens is 1. The molecule has 0 atom stereocenters. The first kappa shape index (κ1) is 19.1. The van der Waals surface area contributed by atoms with Crippen LogP contribution in [0.15, 0.2) is 29.3 Å². The second-order valence-corrected chi connectivity index (χ2v) is 9.15. The first-order chi connectivity index (χ1) is 12.3. The van der Waals surface area contributed by atoms with Gasteiger partial charge < -0.3 is 5.32 Å². The molecule has 0 saturated carbocycles. The van der Waals surface area contributed by atoms with E-state index in [1.807, 2.05) is 0 Å². The number of thiazole rings is 1. The van der Waals surface area contributed by atoms with E-state index in [2.05, 4.69) is 19.9 Å². The molecule has 1 fully saturated rings. The summed E-state index contributed by atoms with van der Waals surface area (Å²) in [6, 6.07) is 4.77.